The van der Waals surface area contributed by atoms with Gasteiger partial charge in [0.15, 0.2) is 0 Å². The number of esters is 1. The molecule has 0 radical (unpaired) electrons. The van der Waals surface area contributed by atoms with E-state index in [4.69, 9.17) is 9.47 Å². The molecule has 2 bridgehead atoms. The van der Waals surface area contributed by atoms with Crippen LogP contribution in [-0.4, -0.2) is 46.7 Å². The Kier molecular flexibility index (Phi) is 6.50. The van der Waals surface area contributed by atoms with Crippen molar-refractivity contribution < 1.29 is 24.2 Å². The maximum atomic E-state index is 13.0. The van der Waals surface area contributed by atoms with E-state index in [2.05, 4.69) is 28.4 Å². The second-order valence-corrected chi connectivity index (χ2v) is 10.7. The highest BCUT2D eigenvalue weighted by Gasteiger charge is 2.69. The number of hydrogen-bond donors (Lipinski definition) is 2. The number of aliphatic hydroxyl groups excluding tert-OH is 1. The van der Waals surface area contributed by atoms with Crippen LogP contribution in [0, 0.1) is 17.8 Å². The average Bonchev–Trinajstić information content (AvgIpc) is 3.30. The molecule has 0 spiro atoms. The summed E-state index contributed by atoms with van der Waals surface area (Å²) in [6.45, 7) is 5.61. The molecule has 1 saturated carbocycles. The van der Waals surface area contributed by atoms with E-state index in [-0.39, 0.29) is 23.8 Å². The van der Waals surface area contributed by atoms with E-state index in [1.807, 2.05) is 37.3 Å². The lowest BCUT2D eigenvalue weighted by atomic mass is 9.73. The third-order valence-corrected chi connectivity index (χ3v) is 8.54. The molecule has 3 fully saturated rings. The lowest BCUT2D eigenvalue weighted by molar-refractivity contribution is -0.216. The molecule has 1 amide bonds. The third kappa shape index (κ3) is 4.02. The molecule has 1 aromatic rings. The number of hydrogen-bond acceptors (Lipinski definition) is 5. The number of fused-ring (bicyclic) bond motifs is 4. The molecular weight excluding hydrogens is 425 g/mol. The van der Waals surface area contributed by atoms with Crippen molar-refractivity contribution in [3.63, 3.8) is 0 Å². The SMILES string of the molecule is CCC1CCC2C1C(OC(=O)/C=C(\C)c1ccccc1)C1(P)CC(NC(=O)CO)C2(C)O1. The van der Waals surface area contributed by atoms with E-state index < -0.39 is 29.6 Å². The summed E-state index contributed by atoms with van der Waals surface area (Å²) in [4.78, 5) is 25.0. The molecule has 1 aromatic carbocycles. The molecule has 2 saturated heterocycles. The van der Waals surface area contributed by atoms with Gasteiger partial charge in [-0.05, 0) is 49.7 Å². The van der Waals surface area contributed by atoms with Crippen LogP contribution in [0.2, 0.25) is 0 Å². The highest BCUT2D eigenvalue weighted by atomic mass is 31.0. The number of aliphatic hydroxyl groups is 1. The highest BCUT2D eigenvalue weighted by Crippen LogP contribution is 2.63. The zero-order valence-electron chi connectivity index (χ0n) is 19.0. The fraction of sp³-hybridized carbons (Fsp3) is 0.600. The summed E-state index contributed by atoms with van der Waals surface area (Å²) in [6.07, 6.45) is 4.70. The van der Waals surface area contributed by atoms with Crippen molar-refractivity contribution in [1.82, 2.24) is 5.32 Å². The van der Waals surface area contributed by atoms with Crippen molar-refractivity contribution in [3.05, 3.63) is 42.0 Å². The average molecular weight is 460 g/mol. The first kappa shape index (κ1) is 23.4. The summed E-state index contributed by atoms with van der Waals surface area (Å²) < 4.78 is 12.8. The Balaban J connectivity index is 1.62. The molecule has 6 nitrogen and oxygen atoms in total. The number of allylic oxidation sites excluding steroid dienone is 1. The van der Waals surface area contributed by atoms with Crippen molar-refractivity contribution in [3.8, 4) is 0 Å². The molecule has 7 heteroatoms. The molecule has 8 atom stereocenters. The Morgan fingerprint density at radius 1 is 1.31 bits per heavy atom. The Morgan fingerprint density at radius 3 is 2.69 bits per heavy atom. The van der Waals surface area contributed by atoms with Gasteiger partial charge in [-0.15, -0.1) is 0 Å². The summed E-state index contributed by atoms with van der Waals surface area (Å²) in [5.74, 6) is 0.00461. The van der Waals surface area contributed by atoms with Crippen LogP contribution >= 0.6 is 9.24 Å². The van der Waals surface area contributed by atoms with Gasteiger partial charge in [0.1, 0.15) is 18.1 Å². The first-order chi connectivity index (χ1) is 15.2. The van der Waals surface area contributed by atoms with E-state index in [0.717, 1.165) is 30.4 Å². The number of carbonyl (C=O) groups is 2. The molecule has 2 heterocycles. The lowest BCUT2D eigenvalue weighted by Gasteiger charge is -2.50. The molecular formula is C25H34NO5P. The minimum absolute atomic E-state index is 0.168. The van der Waals surface area contributed by atoms with Gasteiger partial charge in [-0.3, -0.25) is 4.79 Å². The molecule has 8 unspecified atom stereocenters. The van der Waals surface area contributed by atoms with Crippen LogP contribution in [0.5, 0.6) is 0 Å². The Hall–Kier alpha value is -1.75. The molecule has 2 aliphatic heterocycles. The lowest BCUT2D eigenvalue weighted by Crippen LogP contribution is -2.60. The summed E-state index contributed by atoms with van der Waals surface area (Å²) in [7, 11) is 2.80. The van der Waals surface area contributed by atoms with Gasteiger partial charge in [0.25, 0.3) is 0 Å². The number of nitrogens with one attached hydrogen (secondary N) is 1. The number of rotatable bonds is 6. The van der Waals surface area contributed by atoms with Gasteiger partial charge in [-0.2, -0.15) is 0 Å². The molecule has 32 heavy (non-hydrogen) atoms. The zero-order chi connectivity index (χ0) is 23.1. The third-order valence-electron chi connectivity index (χ3n) is 7.86. The minimum Gasteiger partial charge on any atom is -0.455 e. The fourth-order valence-corrected chi connectivity index (χ4v) is 7.10. The molecule has 1 aliphatic carbocycles. The van der Waals surface area contributed by atoms with Crippen LogP contribution in [-0.2, 0) is 19.1 Å². The summed E-state index contributed by atoms with van der Waals surface area (Å²) in [5, 5.41) is 11.5. The quantitative estimate of drug-likeness (QED) is 0.387. The number of ether oxygens (including phenoxy) is 2. The van der Waals surface area contributed by atoms with E-state index in [9.17, 15) is 14.7 Å². The predicted octanol–water partition coefficient (Wildman–Crippen LogP) is 3.30. The Labute approximate surface area is 192 Å². The van der Waals surface area contributed by atoms with Gasteiger partial charge in [-0.25, -0.2) is 4.79 Å². The second-order valence-electron chi connectivity index (χ2n) is 9.70. The first-order valence-electron chi connectivity index (χ1n) is 11.6. The van der Waals surface area contributed by atoms with Crippen LogP contribution in [0.25, 0.3) is 5.57 Å². The molecule has 2 N–H and O–H groups in total. The van der Waals surface area contributed by atoms with Gasteiger partial charge in [0.05, 0.1) is 11.6 Å². The maximum absolute atomic E-state index is 13.0. The number of carbonyl (C=O) groups excluding carboxylic acids is 2. The Bertz CT molecular complexity index is 905. The van der Waals surface area contributed by atoms with E-state index in [0.29, 0.717) is 12.3 Å². The highest BCUT2D eigenvalue weighted by molar-refractivity contribution is 7.18. The molecule has 0 aromatic heterocycles. The topological polar surface area (TPSA) is 84.9 Å². The van der Waals surface area contributed by atoms with E-state index >= 15 is 0 Å². The van der Waals surface area contributed by atoms with E-state index in [1.165, 1.54) is 0 Å². The number of benzene rings is 1. The molecule has 4 rings (SSSR count). The van der Waals surface area contributed by atoms with Crippen LogP contribution in [0.15, 0.2) is 36.4 Å². The number of amides is 1. The van der Waals surface area contributed by atoms with Crippen LogP contribution in [0.3, 0.4) is 0 Å². The van der Waals surface area contributed by atoms with Gasteiger partial charge in [0.2, 0.25) is 5.91 Å². The molecule has 3 aliphatic rings. The van der Waals surface area contributed by atoms with Crippen LogP contribution < -0.4 is 5.32 Å². The van der Waals surface area contributed by atoms with Crippen molar-refractivity contribution >= 4 is 26.7 Å². The largest absolute Gasteiger partial charge is 0.455 e. The Morgan fingerprint density at radius 2 is 2.03 bits per heavy atom. The minimum atomic E-state index is -0.773. The van der Waals surface area contributed by atoms with E-state index in [1.54, 1.807) is 6.08 Å². The summed E-state index contributed by atoms with van der Waals surface area (Å²) in [5.41, 5.74) is 1.28. The fourth-order valence-electron chi connectivity index (χ4n) is 6.32. The zero-order valence-corrected chi connectivity index (χ0v) is 20.2. The van der Waals surface area contributed by atoms with Crippen LogP contribution in [0.1, 0.15) is 52.0 Å². The van der Waals surface area contributed by atoms with Gasteiger partial charge >= 0.3 is 5.97 Å². The molecule has 174 valence electrons. The standard InChI is InChI=1S/C25H34NO5P/c1-4-16-10-11-18-22(16)23(30-21(29)12-15(2)17-8-6-5-7-9-17)25(32)13-19(24(18,3)31-25)26-20(28)14-27/h5-9,12,16,18-19,22-23,27H,4,10-11,13-14,32H2,1-3H3,(H,26,28)/b15-12+. The van der Waals surface area contributed by atoms with Crippen molar-refractivity contribution in [1.29, 1.82) is 0 Å². The normalized spacial score (nSPS) is 38.3. The smallest absolute Gasteiger partial charge is 0.331 e. The monoisotopic (exact) mass is 459 g/mol. The van der Waals surface area contributed by atoms with Crippen molar-refractivity contribution in [2.45, 2.75) is 69.5 Å². The van der Waals surface area contributed by atoms with Crippen LogP contribution in [0.4, 0.5) is 0 Å². The van der Waals surface area contributed by atoms with Crippen molar-refractivity contribution in [2.75, 3.05) is 6.61 Å². The summed E-state index contributed by atoms with van der Waals surface area (Å²) in [6, 6.07) is 9.53. The first-order valence-corrected chi connectivity index (χ1v) is 12.1. The second kappa shape index (κ2) is 8.89. The predicted molar refractivity (Wildman–Crippen MR) is 126 cm³/mol. The van der Waals surface area contributed by atoms with Crippen molar-refractivity contribution in [2.24, 2.45) is 17.8 Å². The maximum Gasteiger partial charge on any atom is 0.331 e. The summed E-state index contributed by atoms with van der Waals surface area (Å²) >= 11 is 0. The van der Waals surface area contributed by atoms with Gasteiger partial charge in [0, 0.05) is 18.4 Å². The van der Waals surface area contributed by atoms with Gasteiger partial charge in [-0.1, -0.05) is 52.9 Å². The van der Waals surface area contributed by atoms with Gasteiger partial charge < -0.3 is 19.9 Å².